The quantitative estimate of drug-likeness (QED) is 0.723. The van der Waals surface area contributed by atoms with Crippen LogP contribution in [0.5, 0.6) is 5.75 Å². The molecule has 2 aromatic carbocycles. The molecule has 4 rings (SSSR count). The number of para-hydroxylation sites is 2. The standard InChI is InChI=1S/C22H28N4O/c1-15(14-23)26-12-10-16(11-13-26)17-7-5-8-19-21(17)25-22(24-19)18-6-3-4-9-20(18)27-2/h3-9,15-16H,10-14,23H2,1-2H3,(H,24,25). The highest BCUT2D eigenvalue weighted by Gasteiger charge is 2.25. The van der Waals surface area contributed by atoms with Crippen LogP contribution in [0.4, 0.5) is 0 Å². The molecule has 142 valence electrons. The van der Waals surface area contributed by atoms with Crippen molar-refractivity contribution >= 4 is 11.0 Å². The first-order valence-corrected chi connectivity index (χ1v) is 9.77. The second kappa shape index (κ2) is 7.71. The van der Waals surface area contributed by atoms with Crippen LogP contribution in [-0.4, -0.2) is 47.7 Å². The second-order valence-electron chi connectivity index (χ2n) is 7.42. The number of benzene rings is 2. The third-order valence-corrected chi connectivity index (χ3v) is 5.84. The van der Waals surface area contributed by atoms with Gasteiger partial charge in [-0.3, -0.25) is 4.90 Å². The Kier molecular flexibility index (Phi) is 5.14. The lowest BCUT2D eigenvalue weighted by molar-refractivity contribution is 0.166. The highest BCUT2D eigenvalue weighted by Crippen LogP contribution is 2.35. The van der Waals surface area contributed by atoms with Crippen molar-refractivity contribution in [1.29, 1.82) is 0 Å². The molecule has 3 N–H and O–H groups in total. The van der Waals surface area contributed by atoms with Gasteiger partial charge in [0.15, 0.2) is 0 Å². The van der Waals surface area contributed by atoms with E-state index in [4.69, 9.17) is 15.5 Å². The molecule has 1 unspecified atom stereocenters. The largest absolute Gasteiger partial charge is 0.496 e. The third-order valence-electron chi connectivity index (χ3n) is 5.84. The van der Waals surface area contributed by atoms with Gasteiger partial charge in [0.2, 0.25) is 0 Å². The number of fused-ring (bicyclic) bond motifs is 1. The topological polar surface area (TPSA) is 67.2 Å². The SMILES string of the molecule is COc1ccccc1-c1nc2c(C3CCN(C(C)CN)CC3)cccc2[nH]1. The molecule has 1 fully saturated rings. The van der Waals surface area contributed by atoms with Gasteiger partial charge in [-0.15, -0.1) is 0 Å². The number of rotatable bonds is 5. The van der Waals surface area contributed by atoms with Crippen LogP contribution in [0.25, 0.3) is 22.4 Å². The second-order valence-corrected chi connectivity index (χ2v) is 7.42. The minimum Gasteiger partial charge on any atom is -0.496 e. The van der Waals surface area contributed by atoms with Crippen LogP contribution >= 0.6 is 0 Å². The van der Waals surface area contributed by atoms with Crippen LogP contribution in [0.2, 0.25) is 0 Å². The minimum atomic E-state index is 0.462. The maximum absolute atomic E-state index is 5.84. The number of nitrogens with one attached hydrogen (secondary N) is 1. The number of nitrogens with zero attached hydrogens (tertiary/aromatic N) is 2. The van der Waals surface area contributed by atoms with Crippen molar-refractivity contribution in [2.75, 3.05) is 26.7 Å². The normalized spacial score (nSPS) is 17.3. The van der Waals surface area contributed by atoms with Crippen LogP contribution in [0.15, 0.2) is 42.5 Å². The van der Waals surface area contributed by atoms with Gasteiger partial charge in [0.05, 0.1) is 23.7 Å². The molecule has 2 heterocycles. The van der Waals surface area contributed by atoms with Crippen LogP contribution in [0, 0.1) is 0 Å². The first kappa shape index (κ1) is 18.0. The fourth-order valence-corrected chi connectivity index (χ4v) is 4.15. The van der Waals surface area contributed by atoms with Crippen molar-refractivity contribution in [3.8, 4) is 17.1 Å². The van der Waals surface area contributed by atoms with Gasteiger partial charge in [-0.25, -0.2) is 4.98 Å². The summed E-state index contributed by atoms with van der Waals surface area (Å²) >= 11 is 0. The number of nitrogens with two attached hydrogens (primary N) is 1. The number of hydrogen-bond acceptors (Lipinski definition) is 4. The van der Waals surface area contributed by atoms with Gasteiger partial charge in [-0.1, -0.05) is 24.3 Å². The maximum atomic E-state index is 5.84. The average molecular weight is 364 g/mol. The van der Waals surface area contributed by atoms with Gasteiger partial charge >= 0.3 is 0 Å². The van der Waals surface area contributed by atoms with Crippen molar-refractivity contribution in [1.82, 2.24) is 14.9 Å². The molecule has 27 heavy (non-hydrogen) atoms. The number of aromatic nitrogens is 2. The molecule has 5 nitrogen and oxygen atoms in total. The molecular weight excluding hydrogens is 336 g/mol. The van der Waals surface area contributed by atoms with Crippen molar-refractivity contribution in [3.05, 3.63) is 48.0 Å². The molecule has 0 radical (unpaired) electrons. The number of likely N-dealkylation sites (tertiary alicyclic amines) is 1. The fourth-order valence-electron chi connectivity index (χ4n) is 4.15. The highest BCUT2D eigenvalue weighted by atomic mass is 16.5. The van der Waals surface area contributed by atoms with Gasteiger partial charge in [0.1, 0.15) is 11.6 Å². The molecule has 3 aromatic rings. The predicted octanol–water partition coefficient (Wildman–Crippen LogP) is 3.77. The number of hydrogen-bond donors (Lipinski definition) is 2. The average Bonchev–Trinajstić information content (AvgIpc) is 3.17. The Morgan fingerprint density at radius 3 is 2.70 bits per heavy atom. The zero-order chi connectivity index (χ0) is 18.8. The molecule has 0 aliphatic carbocycles. The lowest BCUT2D eigenvalue weighted by Crippen LogP contribution is -2.43. The summed E-state index contributed by atoms with van der Waals surface area (Å²) in [6.07, 6.45) is 2.31. The monoisotopic (exact) mass is 364 g/mol. The van der Waals surface area contributed by atoms with E-state index in [1.54, 1.807) is 7.11 Å². The summed E-state index contributed by atoms with van der Waals surface area (Å²) in [5.74, 6) is 2.25. The van der Waals surface area contributed by atoms with Gasteiger partial charge in [0.25, 0.3) is 0 Å². The van der Waals surface area contributed by atoms with Gasteiger partial charge in [-0.05, 0) is 62.5 Å². The summed E-state index contributed by atoms with van der Waals surface area (Å²) in [5, 5.41) is 0. The first-order chi connectivity index (χ1) is 13.2. The minimum absolute atomic E-state index is 0.462. The van der Waals surface area contributed by atoms with E-state index in [1.165, 1.54) is 5.56 Å². The Morgan fingerprint density at radius 1 is 1.19 bits per heavy atom. The Hall–Kier alpha value is -2.37. The summed E-state index contributed by atoms with van der Waals surface area (Å²) in [6, 6.07) is 15.0. The van der Waals surface area contributed by atoms with E-state index < -0.39 is 0 Å². The van der Waals surface area contributed by atoms with Gasteiger partial charge < -0.3 is 15.5 Å². The summed E-state index contributed by atoms with van der Waals surface area (Å²) in [6.45, 7) is 5.14. The van der Waals surface area contributed by atoms with Crippen molar-refractivity contribution in [2.45, 2.75) is 31.7 Å². The Balaban J connectivity index is 1.65. The van der Waals surface area contributed by atoms with Crippen LogP contribution < -0.4 is 10.5 Å². The molecule has 1 saturated heterocycles. The van der Waals surface area contributed by atoms with Crippen molar-refractivity contribution < 1.29 is 4.74 Å². The van der Waals surface area contributed by atoms with Crippen LogP contribution in [0.3, 0.4) is 0 Å². The van der Waals surface area contributed by atoms with Crippen molar-refractivity contribution in [3.63, 3.8) is 0 Å². The summed E-state index contributed by atoms with van der Waals surface area (Å²) in [5.41, 5.74) is 10.4. The van der Waals surface area contributed by atoms with E-state index in [0.717, 1.165) is 60.6 Å². The number of imidazole rings is 1. The number of methoxy groups -OCH3 is 1. The first-order valence-electron chi connectivity index (χ1n) is 9.77. The van der Waals surface area contributed by atoms with E-state index in [1.807, 2.05) is 24.3 Å². The molecule has 1 atom stereocenters. The molecule has 1 aromatic heterocycles. The number of ether oxygens (including phenoxy) is 1. The molecular formula is C22H28N4O. The summed E-state index contributed by atoms with van der Waals surface area (Å²) < 4.78 is 5.51. The Labute approximate surface area is 160 Å². The van der Waals surface area contributed by atoms with Gasteiger partial charge in [0, 0.05) is 12.6 Å². The van der Waals surface area contributed by atoms with E-state index in [-0.39, 0.29) is 0 Å². The van der Waals surface area contributed by atoms with Crippen molar-refractivity contribution in [2.24, 2.45) is 5.73 Å². The fraction of sp³-hybridized carbons (Fsp3) is 0.409. The van der Waals surface area contributed by atoms with E-state index in [2.05, 4.69) is 35.0 Å². The van der Waals surface area contributed by atoms with Crippen LogP contribution in [0.1, 0.15) is 31.2 Å². The van der Waals surface area contributed by atoms with Crippen LogP contribution in [-0.2, 0) is 0 Å². The highest BCUT2D eigenvalue weighted by molar-refractivity contribution is 5.84. The third kappa shape index (κ3) is 3.45. The zero-order valence-electron chi connectivity index (χ0n) is 16.1. The molecule has 0 bridgehead atoms. The molecule has 1 aliphatic rings. The molecule has 0 spiro atoms. The Morgan fingerprint density at radius 2 is 1.96 bits per heavy atom. The number of aromatic amines is 1. The maximum Gasteiger partial charge on any atom is 0.142 e. The zero-order valence-corrected chi connectivity index (χ0v) is 16.1. The molecule has 0 saturated carbocycles. The van der Waals surface area contributed by atoms with E-state index in [0.29, 0.717) is 12.0 Å². The smallest absolute Gasteiger partial charge is 0.142 e. The predicted molar refractivity (Wildman–Crippen MR) is 110 cm³/mol. The molecule has 0 amide bonds. The van der Waals surface area contributed by atoms with E-state index in [9.17, 15) is 0 Å². The lowest BCUT2D eigenvalue weighted by atomic mass is 9.88. The molecule has 5 heteroatoms. The Bertz CT molecular complexity index is 912. The summed E-state index contributed by atoms with van der Waals surface area (Å²) in [7, 11) is 1.70. The summed E-state index contributed by atoms with van der Waals surface area (Å²) in [4.78, 5) is 11.0. The number of H-pyrrole nitrogens is 1. The van der Waals surface area contributed by atoms with E-state index >= 15 is 0 Å². The van der Waals surface area contributed by atoms with Gasteiger partial charge in [-0.2, -0.15) is 0 Å². The lowest BCUT2D eigenvalue weighted by Gasteiger charge is -2.35. The molecule has 1 aliphatic heterocycles. The number of piperidine rings is 1.